The van der Waals surface area contributed by atoms with Crippen molar-refractivity contribution in [2.45, 2.75) is 18.2 Å². The molecule has 0 radical (unpaired) electrons. The van der Waals surface area contributed by atoms with Crippen LogP contribution in [0.3, 0.4) is 0 Å². The third-order valence-corrected chi connectivity index (χ3v) is 5.66. The minimum atomic E-state index is -1.19. The number of thioether (sulfide) groups is 1. The number of rotatable bonds is 2. The van der Waals surface area contributed by atoms with Gasteiger partial charge in [-0.05, 0) is 29.9 Å². The van der Waals surface area contributed by atoms with Crippen molar-refractivity contribution in [1.82, 2.24) is 0 Å². The Hall–Kier alpha value is -0.980. The lowest BCUT2D eigenvalue weighted by molar-refractivity contribution is 0.488. The van der Waals surface area contributed by atoms with Gasteiger partial charge in [-0.15, -0.1) is 11.3 Å². The first kappa shape index (κ1) is 14.0. The Labute approximate surface area is 123 Å². The van der Waals surface area contributed by atoms with E-state index < -0.39 is 23.5 Å². The highest BCUT2D eigenvalue weighted by atomic mass is 32.2. The molecule has 0 fully saturated rings. The molecule has 2 N–H and O–H groups in total. The van der Waals surface area contributed by atoms with Gasteiger partial charge in [-0.3, -0.25) is 0 Å². The zero-order chi connectivity index (χ0) is 14.3. The van der Waals surface area contributed by atoms with Gasteiger partial charge in [-0.1, -0.05) is 0 Å². The first-order chi connectivity index (χ1) is 9.56. The molecule has 1 aliphatic rings. The average Bonchev–Trinajstić information content (AvgIpc) is 2.86. The van der Waals surface area contributed by atoms with Crippen molar-refractivity contribution < 1.29 is 13.2 Å². The quantitative estimate of drug-likeness (QED) is 0.848. The lowest BCUT2D eigenvalue weighted by atomic mass is 10.0. The molecule has 1 aromatic heterocycles. The summed E-state index contributed by atoms with van der Waals surface area (Å²) in [5, 5.41) is 0. The summed E-state index contributed by atoms with van der Waals surface area (Å²) in [4.78, 5) is 2.06. The molecule has 20 heavy (non-hydrogen) atoms. The number of hydrogen-bond donors (Lipinski definition) is 1. The fraction of sp³-hybridized carbons (Fsp3) is 0.286. The van der Waals surface area contributed by atoms with Crippen LogP contribution in [0.25, 0.3) is 0 Å². The molecule has 106 valence electrons. The Balaban J connectivity index is 1.98. The second-order valence-corrected chi connectivity index (χ2v) is 6.94. The van der Waals surface area contributed by atoms with Crippen molar-refractivity contribution in [3.63, 3.8) is 0 Å². The van der Waals surface area contributed by atoms with Crippen molar-refractivity contribution >= 4 is 23.1 Å². The van der Waals surface area contributed by atoms with Gasteiger partial charge in [0, 0.05) is 27.1 Å². The summed E-state index contributed by atoms with van der Waals surface area (Å²) >= 11 is 3.38. The minimum absolute atomic E-state index is 0.00449. The van der Waals surface area contributed by atoms with Gasteiger partial charge in [0.2, 0.25) is 0 Å². The predicted octanol–water partition coefficient (Wildman–Crippen LogP) is 4.00. The van der Waals surface area contributed by atoms with Crippen molar-refractivity contribution in [2.24, 2.45) is 5.73 Å². The maximum atomic E-state index is 13.8. The Morgan fingerprint density at radius 2 is 1.80 bits per heavy atom. The molecule has 3 rings (SSSR count). The van der Waals surface area contributed by atoms with Crippen LogP contribution in [0.4, 0.5) is 13.2 Å². The largest absolute Gasteiger partial charge is 0.320 e. The predicted molar refractivity (Wildman–Crippen MR) is 76.5 cm³/mol. The van der Waals surface area contributed by atoms with E-state index >= 15 is 0 Å². The normalized spacial score (nSPS) is 16.0. The van der Waals surface area contributed by atoms with E-state index in [1.165, 1.54) is 21.8 Å². The van der Waals surface area contributed by atoms with Gasteiger partial charge in [0.15, 0.2) is 11.6 Å². The molecule has 0 spiro atoms. The van der Waals surface area contributed by atoms with E-state index in [1.54, 1.807) is 0 Å². The fourth-order valence-corrected chi connectivity index (χ4v) is 4.65. The van der Waals surface area contributed by atoms with E-state index in [4.69, 9.17) is 5.73 Å². The van der Waals surface area contributed by atoms with Crippen molar-refractivity contribution in [3.8, 4) is 0 Å². The molecule has 1 unspecified atom stereocenters. The second kappa shape index (κ2) is 5.42. The summed E-state index contributed by atoms with van der Waals surface area (Å²) in [7, 11) is 0. The molecule has 2 aromatic rings. The Bertz CT molecular complexity index is 631. The Kier molecular flexibility index (Phi) is 3.79. The first-order valence-electron chi connectivity index (χ1n) is 6.15. The maximum absolute atomic E-state index is 13.8. The Morgan fingerprint density at radius 3 is 2.55 bits per heavy atom. The van der Waals surface area contributed by atoms with Gasteiger partial charge in [-0.25, -0.2) is 13.2 Å². The molecule has 0 bridgehead atoms. The molecule has 0 aliphatic carbocycles. The van der Waals surface area contributed by atoms with E-state index in [1.807, 2.05) is 17.8 Å². The van der Waals surface area contributed by atoms with Crippen LogP contribution in [0.15, 0.2) is 18.2 Å². The van der Waals surface area contributed by atoms with Crippen molar-refractivity contribution in [1.29, 1.82) is 0 Å². The molecular formula is C14H12F3NS2. The summed E-state index contributed by atoms with van der Waals surface area (Å²) in [5.74, 6) is -1.08. The third-order valence-electron chi connectivity index (χ3n) is 3.33. The van der Waals surface area contributed by atoms with E-state index in [9.17, 15) is 13.2 Å². The lowest BCUT2D eigenvalue weighted by Gasteiger charge is -2.11. The zero-order valence-corrected chi connectivity index (χ0v) is 12.1. The highest BCUT2D eigenvalue weighted by Gasteiger charge is 2.21. The number of hydrogen-bond acceptors (Lipinski definition) is 3. The molecule has 2 heterocycles. The molecule has 0 saturated carbocycles. The minimum Gasteiger partial charge on any atom is -0.320 e. The number of halogens is 3. The lowest BCUT2D eigenvalue weighted by Crippen LogP contribution is -2.13. The van der Waals surface area contributed by atoms with Crippen LogP contribution in [0.2, 0.25) is 0 Å². The van der Waals surface area contributed by atoms with E-state index in [0.29, 0.717) is 6.07 Å². The number of benzene rings is 1. The molecular weight excluding hydrogens is 303 g/mol. The Morgan fingerprint density at radius 1 is 1.05 bits per heavy atom. The van der Waals surface area contributed by atoms with Gasteiger partial charge in [0.1, 0.15) is 5.82 Å². The molecule has 1 aromatic carbocycles. The summed E-state index contributed by atoms with van der Waals surface area (Å²) in [5.41, 5.74) is 7.24. The molecule has 6 heteroatoms. The summed E-state index contributed by atoms with van der Waals surface area (Å²) in [6.07, 6.45) is 0.984. The van der Waals surface area contributed by atoms with Crippen LogP contribution >= 0.6 is 23.1 Å². The number of fused-ring (bicyclic) bond motifs is 1. The van der Waals surface area contributed by atoms with Gasteiger partial charge in [0.05, 0.1) is 6.04 Å². The fourth-order valence-electron chi connectivity index (χ4n) is 2.25. The van der Waals surface area contributed by atoms with Crippen LogP contribution in [0, 0.1) is 17.5 Å². The zero-order valence-electron chi connectivity index (χ0n) is 10.5. The molecule has 1 nitrogen and oxygen atoms in total. The van der Waals surface area contributed by atoms with Crippen LogP contribution in [0.1, 0.15) is 26.9 Å². The molecule has 0 saturated heterocycles. The van der Waals surface area contributed by atoms with Gasteiger partial charge in [0.25, 0.3) is 0 Å². The topological polar surface area (TPSA) is 26.0 Å². The summed E-state index contributed by atoms with van der Waals surface area (Å²) in [6, 6.07) is 2.60. The maximum Gasteiger partial charge on any atom is 0.161 e. The smallest absolute Gasteiger partial charge is 0.161 e. The summed E-state index contributed by atoms with van der Waals surface area (Å²) in [6.45, 7) is 0. The average molecular weight is 315 g/mol. The SMILES string of the molecule is NC(c1cc2c(s1)CCSC2)c1cc(F)c(F)cc1F. The van der Waals surface area contributed by atoms with E-state index in [0.717, 1.165) is 28.9 Å². The van der Waals surface area contributed by atoms with Crippen molar-refractivity contribution in [3.05, 3.63) is 56.5 Å². The van der Waals surface area contributed by atoms with Gasteiger partial charge in [-0.2, -0.15) is 11.8 Å². The monoisotopic (exact) mass is 315 g/mol. The number of aryl methyl sites for hydroxylation is 1. The molecule has 0 amide bonds. The van der Waals surface area contributed by atoms with Gasteiger partial charge < -0.3 is 5.73 Å². The van der Waals surface area contributed by atoms with E-state index in [-0.39, 0.29) is 5.56 Å². The van der Waals surface area contributed by atoms with Crippen LogP contribution < -0.4 is 5.73 Å². The number of nitrogens with two attached hydrogens (primary N) is 1. The standard InChI is InChI=1S/C14H12F3NS2/c15-9-5-11(17)10(16)4-8(9)14(18)13-3-7-6-19-2-1-12(7)20-13/h3-5,14H,1-2,6,18H2. The molecule has 1 atom stereocenters. The van der Waals surface area contributed by atoms with Crippen LogP contribution in [0.5, 0.6) is 0 Å². The highest BCUT2D eigenvalue weighted by Crippen LogP contribution is 2.36. The highest BCUT2D eigenvalue weighted by molar-refractivity contribution is 7.98. The van der Waals surface area contributed by atoms with Gasteiger partial charge >= 0.3 is 0 Å². The number of thiophene rings is 1. The molecule has 1 aliphatic heterocycles. The third kappa shape index (κ3) is 2.47. The van der Waals surface area contributed by atoms with Crippen LogP contribution in [-0.2, 0) is 12.2 Å². The van der Waals surface area contributed by atoms with Crippen LogP contribution in [-0.4, -0.2) is 5.75 Å². The second-order valence-electron chi connectivity index (χ2n) is 4.67. The summed E-state index contributed by atoms with van der Waals surface area (Å²) < 4.78 is 40.0. The van der Waals surface area contributed by atoms with E-state index in [2.05, 4.69) is 0 Å². The first-order valence-corrected chi connectivity index (χ1v) is 8.12. The van der Waals surface area contributed by atoms with Crippen molar-refractivity contribution in [2.75, 3.05) is 5.75 Å².